The van der Waals surface area contributed by atoms with Crippen molar-refractivity contribution in [3.05, 3.63) is 28.3 Å². The van der Waals surface area contributed by atoms with Gasteiger partial charge in [-0.2, -0.15) is 0 Å². The third kappa shape index (κ3) is 4.84. The van der Waals surface area contributed by atoms with Gasteiger partial charge < -0.3 is 15.5 Å². The number of carboxylic acid groups (broad SMARTS) is 1. The van der Waals surface area contributed by atoms with E-state index in [4.69, 9.17) is 5.11 Å². The highest BCUT2D eigenvalue weighted by Crippen LogP contribution is 2.27. The van der Waals surface area contributed by atoms with Crippen molar-refractivity contribution in [1.29, 1.82) is 0 Å². The molecule has 0 saturated carbocycles. The number of rotatable bonds is 6. The zero-order valence-electron chi connectivity index (χ0n) is 9.53. The number of carbonyl (C=O) groups is 2. The van der Waals surface area contributed by atoms with Crippen LogP contribution in [-0.2, 0) is 9.59 Å². The molecule has 0 aliphatic carbocycles. The SMILES string of the molecule is O=C(O)CSCC(=O)Nc1cc([N+](=O)[O-])ccc1O. The molecule has 0 saturated heterocycles. The number of aliphatic carboxylic acids is 1. The van der Waals surface area contributed by atoms with Gasteiger partial charge in [0.25, 0.3) is 5.69 Å². The Morgan fingerprint density at radius 3 is 2.63 bits per heavy atom. The number of amides is 1. The lowest BCUT2D eigenvalue weighted by molar-refractivity contribution is -0.384. The predicted octanol–water partition coefficient (Wildman–Crippen LogP) is 1.06. The first-order chi connectivity index (χ1) is 8.90. The van der Waals surface area contributed by atoms with Gasteiger partial charge in [-0.15, -0.1) is 11.8 Å². The first-order valence-corrected chi connectivity index (χ1v) is 6.12. The third-order valence-corrected chi connectivity index (χ3v) is 2.84. The number of aromatic hydroxyl groups is 1. The lowest BCUT2D eigenvalue weighted by Gasteiger charge is -2.06. The monoisotopic (exact) mass is 286 g/mol. The number of benzene rings is 1. The molecule has 0 aliphatic heterocycles. The second-order valence-corrected chi connectivity index (χ2v) is 4.38. The van der Waals surface area contributed by atoms with Crippen molar-refractivity contribution in [2.45, 2.75) is 0 Å². The van der Waals surface area contributed by atoms with Crippen molar-refractivity contribution in [2.24, 2.45) is 0 Å². The Balaban J connectivity index is 2.65. The van der Waals surface area contributed by atoms with E-state index in [9.17, 15) is 24.8 Å². The van der Waals surface area contributed by atoms with E-state index in [1.54, 1.807) is 0 Å². The highest BCUT2D eigenvalue weighted by molar-refractivity contribution is 8.00. The summed E-state index contributed by atoms with van der Waals surface area (Å²) >= 11 is 0.878. The molecule has 0 spiro atoms. The highest BCUT2D eigenvalue weighted by Gasteiger charge is 2.12. The van der Waals surface area contributed by atoms with Gasteiger partial charge >= 0.3 is 5.97 Å². The molecule has 3 N–H and O–H groups in total. The minimum atomic E-state index is -1.05. The number of nitrogens with one attached hydrogen (secondary N) is 1. The summed E-state index contributed by atoms with van der Waals surface area (Å²) in [5, 5.41) is 30.6. The van der Waals surface area contributed by atoms with Crippen LogP contribution in [0.3, 0.4) is 0 Å². The Morgan fingerprint density at radius 1 is 1.37 bits per heavy atom. The Labute approximate surface area is 111 Å². The van der Waals surface area contributed by atoms with Crippen LogP contribution in [0.4, 0.5) is 11.4 Å². The minimum absolute atomic E-state index is 0.0878. The Hall–Kier alpha value is -2.29. The fourth-order valence-electron chi connectivity index (χ4n) is 1.16. The molecule has 0 aliphatic rings. The van der Waals surface area contributed by atoms with Crippen molar-refractivity contribution in [3.8, 4) is 5.75 Å². The lowest BCUT2D eigenvalue weighted by atomic mass is 10.2. The van der Waals surface area contributed by atoms with Crippen LogP contribution in [0, 0.1) is 10.1 Å². The standard InChI is InChI=1S/C10H10N2O6S/c13-8-2-1-6(12(17)18)3-7(8)11-9(14)4-19-5-10(15)16/h1-3,13H,4-5H2,(H,11,14)(H,15,16). The number of non-ortho nitro benzene ring substituents is 1. The van der Waals surface area contributed by atoms with Crippen molar-refractivity contribution < 1.29 is 24.7 Å². The summed E-state index contributed by atoms with van der Waals surface area (Å²) in [5.41, 5.74) is -0.360. The lowest BCUT2D eigenvalue weighted by Crippen LogP contribution is -2.15. The van der Waals surface area contributed by atoms with Crippen LogP contribution >= 0.6 is 11.8 Å². The second kappa shape index (κ2) is 6.59. The molecule has 0 fully saturated rings. The van der Waals surface area contributed by atoms with E-state index in [1.807, 2.05) is 0 Å². The molecule has 0 heterocycles. The Kier molecular flexibility index (Phi) is 5.12. The molecule has 0 bridgehead atoms. The maximum atomic E-state index is 11.4. The number of carboxylic acids is 1. The van der Waals surface area contributed by atoms with Gasteiger partial charge in [-0.1, -0.05) is 0 Å². The van der Waals surface area contributed by atoms with Gasteiger partial charge in [0, 0.05) is 12.1 Å². The van der Waals surface area contributed by atoms with Crippen molar-refractivity contribution in [3.63, 3.8) is 0 Å². The molecule has 8 nitrogen and oxygen atoms in total. The fourth-order valence-corrected chi connectivity index (χ4v) is 1.69. The number of nitro benzene ring substituents is 1. The maximum Gasteiger partial charge on any atom is 0.313 e. The van der Waals surface area contributed by atoms with Crippen LogP contribution in [-0.4, -0.2) is 38.5 Å². The van der Waals surface area contributed by atoms with Gasteiger partial charge in [0.1, 0.15) is 5.75 Å². The molecule has 1 aromatic rings. The van der Waals surface area contributed by atoms with Crippen LogP contribution in [0.15, 0.2) is 18.2 Å². The molecule has 1 rings (SSSR count). The fraction of sp³-hybridized carbons (Fsp3) is 0.200. The summed E-state index contributed by atoms with van der Waals surface area (Å²) in [7, 11) is 0. The highest BCUT2D eigenvalue weighted by atomic mass is 32.2. The Morgan fingerprint density at radius 2 is 2.05 bits per heavy atom. The van der Waals surface area contributed by atoms with E-state index >= 15 is 0 Å². The van der Waals surface area contributed by atoms with Gasteiger partial charge in [-0.25, -0.2) is 0 Å². The average Bonchev–Trinajstić information content (AvgIpc) is 2.31. The van der Waals surface area contributed by atoms with E-state index in [2.05, 4.69) is 5.32 Å². The predicted molar refractivity (Wildman–Crippen MR) is 68.4 cm³/mol. The topological polar surface area (TPSA) is 130 Å². The molecule has 0 aromatic heterocycles. The first kappa shape index (κ1) is 14.8. The zero-order chi connectivity index (χ0) is 14.4. The number of thioether (sulfide) groups is 1. The third-order valence-electron chi connectivity index (χ3n) is 1.92. The summed E-state index contributed by atoms with van der Waals surface area (Å²) in [6.07, 6.45) is 0. The molecule has 1 aromatic carbocycles. The minimum Gasteiger partial charge on any atom is -0.506 e. The molecule has 0 unspecified atom stereocenters. The van der Waals surface area contributed by atoms with Crippen LogP contribution in [0.5, 0.6) is 5.75 Å². The summed E-state index contributed by atoms with van der Waals surface area (Å²) in [6, 6.07) is 3.22. The average molecular weight is 286 g/mol. The van der Waals surface area contributed by atoms with E-state index in [0.717, 1.165) is 30.0 Å². The van der Waals surface area contributed by atoms with Gasteiger partial charge in [-0.05, 0) is 6.07 Å². The number of hydrogen-bond donors (Lipinski definition) is 3. The summed E-state index contributed by atoms with van der Waals surface area (Å²) in [4.78, 5) is 31.5. The van der Waals surface area contributed by atoms with Crippen molar-refractivity contribution in [2.75, 3.05) is 16.8 Å². The first-order valence-electron chi connectivity index (χ1n) is 4.97. The quantitative estimate of drug-likeness (QED) is 0.405. The summed E-state index contributed by atoms with van der Waals surface area (Å²) in [6.45, 7) is 0. The number of phenols is 1. The Bertz CT molecular complexity index is 519. The molecule has 102 valence electrons. The van der Waals surface area contributed by atoms with E-state index < -0.39 is 16.8 Å². The molecule has 0 radical (unpaired) electrons. The smallest absolute Gasteiger partial charge is 0.313 e. The van der Waals surface area contributed by atoms with Gasteiger partial charge in [0.2, 0.25) is 5.91 Å². The van der Waals surface area contributed by atoms with Crippen LogP contribution < -0.4 is 5.32 Å². The van der Waals surface area contributed by atoms with E-state index in [0.29, 0.717) is 0 Å². The molecule has 9 heteroatoms. The van der Waals surface area contributed by atoms with E-state index in [-0.39, 0.29) is 28.6 Å². The molecular weight excluding hydrogens is 276 g/mol. The number of nitrogens with zero attached hydrogens (tertiary/aromatic N) is 1. The van der Waals surface area contributed by atoms with Crippen LogP contribution in [0.1, 0.15) is 0 Å². The number of phenolic OH excluding ortho intramolecular Hbond substituents is 1. The largest absolute Gasteiger partial charge is 0.506 e. The van der Waals surface area contributed by atoms with Gasteiger partial charge in [-0.3, -0.25) is 19.7 Å². The maximum absolute atomic E-state index is 11.4. The molecule has 19 heavy (non-hydrogen) atoms. The molecule has 0 atom stereocenters. The number of hydrogen-bond acceptors (Lipinski definition) is 6. The van der Waals surface area contributed by atoms with Gasteiger partial charge in [0.05, 0.1) is 22.1 Å². The van der Waals surface area contributed by atoms with Crippen LogP contribution in [0.2, 0.25) is 0 Å². The van der Waals surface area contributed by atoms with Crippen LogP contribution in [0.25, 0.3) is 0 Å². The van der Waals surface area contributed by atoms with E-state index in [1.165, 1.54) is 0 Å². The zero-order valence-corrected chi connectivity index (χ0v) is 10.3. The number of anilines is 1. The second-order valence-electron chi connectivity index (χ2n) is 3.39. The number of carbonyl (C=O) groups excluding carboxylic acids is 1. The molecule has 1 amide bonds. The number of nitro groups is 1. The van der Waals surface area contributed by atoms with Crippen molar-refractivity contribution in [1.82, 2.24) is 0 Å². The summed E-state index contributed by atoms with van der Waals surface area (Å²) in [5.74, 6) is -2.26. The normalized spacial score (nSPS) is 9.89. The summed E-state index contributed by atoms with van der Waals surface area (Å²) < 4.78 is 0. The molecular formula is C10H10N2O6S. The van der Waals surface area contributed by atoms with Crippen molar-refractivity contribution >= 4 is 35.0 Å². The van der Waals surface area contributed by atoms with Gasteiger partial charge in [0.15, 0.2) is 0 Å².